The van der Waals surface area contributed by atoms with E-state index in [1.807, 2.05) is 19.1 Å². The molecule has 0 saturated heterocycles. The fourth-order valence-corrected chi connectivity index (χ4v) is 2.95. The van der Waals surface area contributed by atoms with Crippen LogP contribution in [0.1, 0.15) is 29.9 Å². The minimum absolute atomic E-state index is 0.259. The number of esters is 1. The number of aromatic amines is 1. The van der Waals surface area contributed by atoms with Gasteiger partial charge in [-0.05, 0) is 38.5 Å². The third kappa shape index (κ3) is 2.93. The molecule has 6 nitrogen and oxygen atoms in total. The molecular formula is C18H18ClN3O3. The Balaban J connectivity index is 2.36. The van der Waals surface area contributed by atoms with E-state index in [0.29, 0.717) is 33.7 Å². The van der Waals surface area contributed by atoms with Crippen molar-refractivity contribution in [2.75, 3.05) is 6.61 Å². The summed E-state index contributed by atoms with van der Waals surface area (Å²) >= 11 is 5.97. The molecule has 0 atom stereocenters. The highest BCUT2D eigenvalue weighted by Crippen LogP contribution is 2.30. The highest BCUT2D eigenvalue weighted by Gasteiger charge is 2.22. The number of rotatable bonds is 4. The van der Waals surface area contributed by atoms with Gasteiger partial charge >= 0.3 is 5.97 Å². The van der Waals surface area contributed by atoms with Gasteiger partial charge in [-0.3, -0.25) is 4.79 Å². The molecule has 3 rings (SSSR count). The smallest absolute Gasteiger partial charge is 0.355 e. The average Bonchev–Trinajstić information content (AvgIpc) is 2.95. The first-order valence-corrected chi connectivity index (χ1v) is 8.42. The van der Waals surface area contributed by atoms with E-state index in [0.717, 1.165) is 5.56 Å². The number of ether oxygens (including phenoxy) is 1. The predicted molar refractivity (Wildman–Crippen MR) is 97.2 cm³/mol. The molecule has 1 N–H and O–H groups in total. The minimum atomic E-state index is -0.485. The van der Waals surface area contributed by atoms with E-state index in [1.54, 1.807) is 26.0 Å². The molecule has 0 aliphatic heterocycles. The van der Waals surface area contributed by atoms with Gasteiger partial charge in [-0.15, -0.1) is 0 Å². The Kier molecular flexibility index (Phi) is 4.63. The van der Waals surface area contributed by atoms with E-state index in [9.17, 15) is 9.59 Å². The predicted octanol–water partition coefficient (Wildman–Crippen LogP) is 3.55. The molecule has 0 amide bonds. The number of carbonyl (C=O) groups is 1. The first-order chi connectivity index (χ1) is 12.0. The molecule has 1 aromatic carbocycles. The topological polar surface area (TPSA) is 77.0 Å². The zero-order valence-corrected chi connectivity index (χ0v) is 15.0. The monoisotopic (exact) mass is 359 g/mol. The largest absolute Gasteiger partial charge is 0.461 e. The fourth-order valence-electron chi connectivity index (χ4n) is 2.83. The molecule has 0 aliphatic carbocycles. The van der Waals surface area contributed by atoms with Gasteiger partial charge in [0.15, 0.2) is 0 Å². The Morgan fingerprint density at radius 2 is 1.96 bits per heavy atom. The normalized spacial score (nSPS) is 11.0. The highest BCUT2D eigenvalue weighted by molar-refractivity contribution is 6.30. The van der Waals surface area contributed by atoms with Crippen LogP contribution < -0.4 is 5.56 Å². The number of aromatic nitrogens is 3. The second kappa shape index (κ2) is 6.72. The standard InChI is InChI=1S/C18H18ClN3O3/c1-4-22-17(23)16-13(10(3)14(20-16)18(24)25-5-2)15(21-22)11-6-8-12(19)9-7-11/h6-9,20H,4-5H2,1-3H3. The van der Waals surface area contributed by atoms with Crippen molar-refractivity contribution in [3.63, 3.8) is 0 Å². The number of hydrogen-bond acceptors (Lipinski definition) is 4. The number of benzene rings is 1. The van der Waals surface area contributed by atoms with Crippen LogP contribution in [-0.4, -0.2) is 27.3 Å². The summed E-state index contributed by atoms with van der Waals surface area (Å²) in [6.07, 6.45) is 0. The third-order valence-electron chi connectivity index (χ3n) is 4.05. The average molecular weight is 360 g/mol. The van der Waals surface area contributed by atoms with Crippen molar-refractivity contribution in [1.29, 1.82) is 0 Å². The van der Waals surface area contributed by atoms with Crippen LogP contribution in [0.15, 0.2) is 29.1 Å². The van der Waals surface area contributed by atoms with Crippen LogP contribution in [0.2, 0.25) is 5.02 Å². The maximum Gasteiger partial charge on any atom is 0.355 e. The summed E-state index contributed by atoms with van der Waals surface area (Å²) < 4.78 is 6.45. The Morgan fingerprint density at radius 3 is 2.56 bits per heavy atom. The molecule has 0 fully saturated rings. The summed E-state index contributed by atoms with van der Waals surface area (Å²) in [5.74, 6) is -0.485. The molecule has 0 bridgehead atoms. The van der Waals surface area contributed by atoms with Crippen molar-refractivity contribution in [2.45, 2.75) is 27.3 Å². The van der Waals surface area contributed by atoms with Crippen molar-refractivity contribution in [2.24, 2.45) is 0 Å². The number of halogens is 1. The van der Waals surface area contributed by atoms with Crippen molar-refractivity contribution in [3.05, 3.63) is 50.9 Å². The first-order valence-electron chi connectivity index (χ1n) is 8.04. The number of carbonyl (C=O) groups excluding carboxylic acids is 1. The Morgan fingerprint density at radius 1 is 1.28 bits per heavy atom. The van der Waals surface area contributed by atoms with E-state index in [4.69, 9.17) is 16.3 Å². The second-order valence-electron chi connectivity index (χ2n) is 5.57. The molecule has 3 aromatic rings. The van der Waals surface area contributed by atoms with Crippen molar-refractivity contribution in [1.82, 2.24) is 14.8 Å². The molecule has 2 heterocycles. The van der Waals surface area contributed by atoms with Gasteiger partial charge in [0.25, 0.3) is 5.56 Å². The summed E-state index contributed by atoms with van der Waals surface area (Å²) in [5, 5.41) is 5.73. The van der Waals surface area contributed by atoms with E-state index in [-0.39, 0.29) is 17.9 Å². The van der Waals surface area contributed by atoms with Crippen LogP contribution in [0.3, 0.4) is 0 Å². The number of hydrogen-bond donors (Lipinski definition) is 1. The lowest BCUT2D eigenvalue weighted by atomic mass is 10.1. The molecule has 7 heteroatoms. The van der Waals surface area contributed by atoms with Gasteiger partial charge in [0.1, 0.15) is 16.9 Å². The van der Waals surface area contributed by atoms with Crippen LogP contribution in [0.5, 0.6) is 0 Å². The van der Waals surface area contributed by atoms with Crippen molar-refractivity contribution in [3.8, 4) is 11.3 Å². The molecule has 2 aromatic heterocycles. The zero-order chi connectivity index (χ0) is 18.1. The Labute approximate surface area is 149 Å². The summed E-state index contributed by atoms with van der Waals surface area (Å²) in [6, 6.07) is 7.20. The van der Waals surface area contributed by atoms with Gasteiger partial charge < -0.3 is 9.72 Å². The van der Waals surface area contributed by atoms with Gasteiger partial charge in [-0.1, -0.05) is 23.7 Å². The van der Waals surface area contributed by atoms with E-state index in [1.165, 1.54) is 4.68 Å². The number of nitrogens with one attached hydrogen (secondary N) is 1. The maximum absolute atomic E-state index is 12.6. The van der Waals surface area contributed by atoms with E-state index >= 15 is 0 Å². The van der Waals surface area contributed by atoms with Crippen LogP contribution in [0.4, 0.5) is 0 Å². The molecule has 0 spiro atoms. The Bertz CT molecular complexity index is 1000. The molecule has 0 unspecified atom stereocenters. The third-order valence-corrected chi connectivity index (χ3v) is 4.30. The van der Waals surface area contributed by atoms with Gasteiger partial charge in [-0.25, -0.2) is 9.48 Å². The minimum Gasteiger partial charge on any atom is -0.461 e. The summed E-state index contributed by atoms with van der Waals surface area (Å²) in [4.78, 5) is 27.8. The van der Waals surface area contributed by atoms with Gasteiger partial charge in [0.2, 0.25) is 0 Å². The van der Waals surface area contributed by atoms with Crippen LogP contribution in [0.25, 0.3) is 22.2 Å². The number of fused-ring (bicyclic) bond motifs is 1. The Hall–Kier alpha value is -2.60. The van der Waals surface area contributed by atoms with Crippen LogP contribution in [0, 0.1) is 6.92 Å². The van der Waals surface area contributed by atoms with Crippen LogP contribution >= 0.6 is 11.6 Å². The molecule has 0 radical (unpaired) electrons. The summed E-state index contributed by atoms with van der Waals surface area (Å²) in [7, 11) is 0. The van der Waals surface area contributed by atoms with E-state index in [2.05, 4.69) is 10.1 Å². The van der Waals surface area contributed by atoms with E-state index < -0.39 is 5.97 Å². The van der Waals surface area contributed by atoms with Crippen molar-refractivity contribution >= 4 is 28.5 Å². The molecule has 130 valence electrons. The van der Waals surface area contributed by atoms with Crippen molar-refractivity contribution < 1.29 is 9.53 Å². The van der Waals surface area contributed by atoms with Gasteiger partial charge in [-0.2, -0.15) is 5.10 Å². The number of aryl methyl sites for hydroxylation is 2. The fraction of sp³-hybridized carbons (Fsp3) is 0.278. The lowest BCUT2D eigenvalue weighted by Gasteiger charge is -2.08. The van der Waals surface area contributed by atoms with Gasteiger partial charge in [0, 0.05) is 22.5 Å². The molecule has 0 aliphatic rings. The first kappa shape index (κ1) is 17.2. The van der Waals surface area contributed by atoms with Gasteiger partial charge in [0.05, 0.1) is 6.61 Å². The second-order valence-corrected chi connectivity index (χ2v) is 6.01. The summed E-state index contributed by atoms with van der Waals surface area (Å²) in [6.45, 7) is 6.04. The maximum atomic E-state index is 12.6. The number of nitrogens with zero attached hydrogens (tertiary/aromatic N) is 2. The lowest BCUT2D eigenvalue weighted by Crippen LogP contribution is -2.23. The molecular weight excluding hydrogens is 342 g/mol. The molecule has 25 heavy (non-hydrogen) atoms. The lowest BCUT2D eigenvalue weighted by molar-refractivity contribution is 0.0520. The quantitative estimate of drug-likeness (QED) is 0.723. The SMILES string of the molecule is CCOC(=O)c1[nH]c2c(=O)n(CC)nc(-c3ccc(Cl)cc3)c2c1C. The highest BCUT2D eigenvalue weighted by atomic mass is 35.5. The number of H-pyrrole nitrogens is 1. The van der Waals surface area contributed by atoms with Crippen LogP contribution in [-0.2, 0) is 11.3 Å². The zero-order valence-electron chi connectivity index (χ0n) is 14.2. The summed E-state index contributed by atoms with van der Waals surface area (Å²) in [5.41, 5.74) is 2.44. The molecule has 0 saturated carbocycles.